The van der Waals surface area contributed by atoms with Crippen LogP contribution in [0.1, 0.15) is 0 Å². The molecule has 5 nitrogen and oxygen atoms in total. The zero-order valence-electron chi connectivity index (χ0n) is 7.38. The van der Waals surface area contributed by atoms with Crippen LogP contribution >= 0.6 is 25.6 Å². The van der Waals surface area contributed by atoms with Gasteiger partial charge in [0.1, 0.15) is 0 Å². The van der Waals surface area contributed by atoms with Crippen molar-refractivity contribution in [1.29, 1.82) is 0 Å². The number of carbonyl (C=O) groups excluding carboxylic acids is 1. The van der Waals surface area contributed by atoms with Crippen molar-refractivity contribution in [2.24, 2.45) is 0 Å². The molecule has 0 unspecified atom stereocenters. The van der Waals surface area contributed by atoms with Crippen molar-refractivity contribution in [2.45, 2.75) is 0 Å². The van der Waals surface area contributed by atoms with Crippen LogP contribution in [0.3, 0.4) is 0 Å². The fourth-order valence-corrected chi connectivity index (χ4v) is 1.10. The van der Waals surface area contributed by atoms with Gasteiger partial charge in [0.2, 0.25) is 0 Å². The Kier molecular flexibility index (Phi) is 4.17. The molecule has 0 aromatic rings. The molecule has 0 aromatic carbocycles. The number of rotatable bonds is 1. The number of nitrogens with zero attached hydrogens (tertiary/aromatic N) is 3. The molecule has 7 heteroatoms. The minimum Gasteiger partial charge on any atom is -0.350 e. The number of hydroxylamine groups is 2. The van der Waals surface area contributed by atoms with Crippen molar-refractivity contribution in [2.75, 3.05) is 33.2 Å². The highest BCUT2D eigenvalue weighted by Gasteiger charge is 2.18. The normalized spacial score (nSPS) is 19.9. The molecule has 13 heavy (non-hydrogen) atoms. The van der Waals surface area contributed by atoms with Crippen LogP contribution in [-0.4, -0.2) is 53.0 Å². The van der Waals surface area contributed by atoms with Crippen molar-refractivity contribution in [3.8, 4) is 0 Å². The van der Waals surface area contributed by atoms with Gasteiger partial charge in [-0.15, -0.1) is 5.06 Å². The van der Waals surface area contributed by atoms with Gasteiger partial charge >= 0.3 is 6.09 Å². The second-order valence-electron chi connectivity index (χ2n) is 2.88. The zero-order valence-corrected chi connectivity index (χ0v) is 9.17. The number of piperazine rings is 1. The lowest BCUT2D eigenvalue weighted by molar-refractivity contribution is -0.122. The number of hydrogen-bond acceptors (Lipinski definition) is 6. The van der Waals surface area contributed by atoms with E-state index in [1.165, 1.54) is 0 Å². The lowest BCUT2D eigenvalue weighted by atomic mass is 10.4. The standard InChI is InChI=1S/C6H13N3O2S2/c1-7-2-4-8(5-3-7)11-6(10)9(12)13/h12-13H,2-5H2,1H3. The van der Waals surface area contributed by atoms with Gasteiger partial charge in [-0.25, -0.2) is 4.79 Å². The summed E-state index contributed by atoms with van der Waals surface area (Å²) in [6, 6.07) is 0. The van der Waals surface area contributed by atoms with Gasteiger partial charge in [-0.2, -0.15) is 3.71 Å². The lowest BCUT2D eigenvalue weighted by Gasteiger charge is -2.30. The molecule has 1 aliphatic heterocycles. The molecule has 0 spiro atoms. The molecule has 0 aliphatic carbocycles. The summed E-state index contributed by atoms with van der Waals surface area (Å²) in [4.78, 5) is 18.1. The molecule has 0 aromatic heterocycles. The molecule has 0 bridgehead atoms. The third-order valence-electron chi connectivity index (χ3n) is 1.83. The maximum atomic E-state index is 11.0. The molecule has 1 amide bonds. The lowest BCUT2D eigenvalue weighted by Crippen LogP contribution is -2.45. The third kappa shape index (κ3) is 3.63. The fourth-order valence-electron chi connectivity index (χ4n) is 1.03. The smallest absolute Gasteiger partial charge is 0.350 e. The van der Waals surface area contributed by atoms with Gasteiger partial charge < -0.3 is 9.74 Å². The number of hydrogen-bond donors (Lipinski definition) is 2. The van der Waals surface area contributed by atoms with Crippen LogP contribution in [0.15, 0.2) is 0 Å². The summed E-state index contributed by atoms with van der Waals surface area (Å²) in [6.45, 7) is 3.23. The summed E-state index contributed by atoms with van der Waals surface area (Å²) in [7, 11) is 2.03. The zero-order chi connectivity index (χ0) is 9.84. The first kappa shape index (κ1) is 11.0. The molecule has 1 fully saturated rings. The first-order valence-electron chi connectivity index (χ1n) is 3.93. The minimum absolute atomic E-state index is 0.573. The van der Waals surface area contributed by atoms with Crippen LogP contribution in [0.2, 0.25) is 0 Å². The molecular weight excluding hydrogens is 210 g/mol. The number of carbonyl (C=O) groups is 1. The van der Waals surface area contributed by atoms with Gasteiger partial charge in [0.15, 0.2) is 0 Å². The first-order chi connectivity index (χ1) is 6.09. The SMILES string of the molecule is CN1CCN(OC(=O)N(S)S)CC1. The Labute approximate surface area is 88.6 Å². The van der Waals surface area contributed by atoms with Crippen molar-refractivity contribution >= 4 is 31.7 Å². The quantitative estimate of drug-likeness (QED) is 0.626. The van der Waals surface area contributed by atoms with E-state index in [0.717, 1.165) is 29.9 Å². The van der Waals surface area contributed by atoms with Gasteiger partial charge in [0.25, 0.3) is 0 Å². The Morgan fingerprint density at radius 3 is 2.31 bits per heavy atom. The monoisotopic (exact) mass is 223 g/mol. The summed E-state index contributed by atoms with van der Waals surface area (Å²) in [6.07, 6.45) is -0.573. The van der Waals surface area contributed by atoms with E-state index in [4.69, 9.17) is 4.84 Å². The van der Waals surface area contributed by atoms with Gasteiger partial charge in [-0.05, 0) is 32.7 Å². The van der Waals surface area contributed by atoms with Crippen molar-refractivity contribution < 1.29 is 9.63 Å². The van der Waals surface area contributed by atoms with Crippen LogP contribution in [0, 0.1) is 0 Å². The van der Waals surface area contributed by atoms with Crippen LogP contribution < -0.4 is 0 Å². The largest absolute Gasteiger partial charge is 0.449 e. The highest BCUT2D eigenvalue weighted by atomic mass is 32.2. The third-order valence-corrected chi connectivity index (χ3v) is 2.16. The maximum Gasteiger partial charge on any atom is 0.449 e. The summed E-state index contributed by atoms with van der Waals surface area (Å²) in [5.74, 6) is 0. The predicted molar refractivity (Wildman–Crippen MR) is 55.4 cm³/mol. The van der Waals surface area contributed by atoms with Gasteiger partial charge in [-0.3, -0.25) is 0 Å². The van der Waals surface area contributed by atoms with E-state index in [0.29, 0.717) is 0 Å². The number of amides is 1. The molecule has 0 radical (unpaired) electrons. The highest BCUT2D eigenvalue weighted by Crippen LogP contribution is 2.05. The van der Waals surface area contributed by atoms with E-state index in [1.54, 1.807) is 5.06 Å². The van der Waals surface area contributed by atoms with Crippen LogP contribution in [0.5, 0.6) is 0 Å². The topological polar surface area (TPSA) is 36.0 Å². The van der Waals surface area contributed by atoms with E-state index in [1.807, 2.05) is 7.05 Å². The molecule has 1 saturated heterocycles. The molecule has 0 saturated carbocycles. The van der Waals surface area contributed by atoms with E-state index in [-0.39, 0.29) is 0 Å². The number of likely N-dealkylation sites (N-methyl/N-ethyl adjacent to an activating group) is 1. The van der Waals surface area contributed by atoms with E-state index < -0.39 is 6.09 Å². The Morgan fingerprint density at radius 1 is 1.31 bits per heavy atom. The van der Waals surface area contributed by atoms with E-state index in [9.17, 15) is 4.79 Å². The second-order valence-corrected chi connectivity index (χ2v) is 3.99. The molecular formula is C6H13N3O2S2. The van der Waals surface area contributed by atoms with E-state index >= 15 is 0 Å². The second kappa shape index (κ2) is 4.94. The molecule has 1 rings (SSSR count). The Hall–Kier alpha value is -0.110. The van der Waals surface area contributed by atoms with E-state index in [2.05, 4.69) is 30.5 Å². The molecule has 1 aliphatic rings. The van der Waals surface area contributed by atoms with Crippen molar-refractivity contribution in [1.82, 2.24) is 13.7 Å². The Morgan fingerprint density at radius 2 is 1.85 bits per heavy atom. The number of thiol groups is 2. The fraction of sp³-hybridized carbons (Fsp3) is 0.833. The molecule has 0 atom stereocenters. The van der Waals surface area contributed by atoms with Crippen molar-refractivity contribution in [3.05, 3.63) is 0 Å². The first-order valence-corrected chi connectivity index (χ1v) is 4.73. The highest BCUT2D eigenvalue weighted by molar-refractivity contribution is 7.94. The minimum atomic E-state index is -0.573. The van der Waals surface area contributed by atoms with Gasteiger partial charge in [0, 0.05) is 26.2 Å². The van der Waals surface area contributed by atoms with Gasteiger partial charge in [0.05, 0.1) is 0 Å². The van der Waals surface area contributed by atoms with Crippen LogP contribution in [-0.2, 0) is 4.84 Å². The Balaban J connectivity index is 2.26. The van der Waals surface area contributed by atoms with Crippen LogP contribution in [0.4, 0.5) is 4.79 Å². The molecule has 76 valence electrons. The van der Waals surface area contributed by atoms with Gasteiger partial charge in [-0.1, -0.05) is 0 Å². The van der Waals surface area contributed by atoms with Crippen molar-refractivity contribution in [3.63, 3.8) is 0 Å². The molecule has 0 N–H and O–H groups in total. The average Bonchev–Trinajstić information content (AvgIpc) is 2.08. The predicted octanol–water partition coefficient (Wildman–Crippen LogP) is 0.277. The summed E-state index contributed by atoms with van der Waals surface area (Å²) in [5, 5.41) is 1.61. The summed E-state index contributed by atoms with van der Waals surface area (Å²) >= 11 is 7.39. The average molecular weight is 223 g/mol. The summed E-state index contributed by atoms with van der Waals surface area (Å²) in [5.41, 5.74) is 0. The van der Waals surface area contributed by atoms with Crippen LogP contribution in [0.25, 0.3) is 0 Å². The summed E-state index contributed by atoms with van der Waals surface area (Å²) < 4.78 is 0.818. The Bertz CT molecular complexity index is 183. The maximum absolute atomic E-state index is 11.0. The molecule has 1 heterocycles.